The highest BCUT2D eigenvalue weighted by atomic mass is 35.5. The van der Waals surface area contributed by atoms with Crippen LogP contribution in [0.3, 0.4) is 0 Å². The average Bonchev–Trinajstić information content (AvgIpc) is 3.33. The first kappa shape index (κ1) is 23.3. The van der Waals surface area contributed by atoms with Crippen LogP contribution < -0.4 is 10.1 Å². The molecule has 0 radical (unpaired) electrons. The largest absolute Gasteiger partial charge is 0.497 e. The minimum atomic E-state index is -0.245. The normalized spacial score (nSPS) is 11.0. The molecular formula is C27H19Cl2N3O2S. The third kappa shape index (κ3) is 4.60. The molecule has 5 nitrogen and oxygen atoms in total. The Bertz CT molecular complexity index is 1570. The molecule has 0 bridgehead atoms. The van der Waals surface area contributed by atoms with E-state index in [-0.39, 0.29) is 5.91 Å². The lowest BCUT2D eigenvalue weighted by Gasteiger charge is -2.14. The summed E-state index contributed by atoms with van der Waals surface area (Å²) in [5, 5.41) is 7.03. The SMILES string of the molecule is COc1ccc(-c2nc3ccccc3c(C(=O)Nc3nc(-c4ccc(Cl)c(Cl)c4)cs3)c2C)cc1. The van der Waals surface area contributed by atoms with Crippen molar-refractivity contribution in [2.24, 2.45) is 0 Å². The Kier molecular flexibility index (Phi) is 6.43. The topological polar surface area (TPSA) is 64.1 Å². The van der Waals surface area contributed by atoms with E-state index >= 15 is 0 Å². The van der Waals surface area contributed by atoms with Crippen molar-refractivity contribution >= 4 is 56.5 Å². The van der Waals surface area contributed by atoms with E-state index < -0.39 is 0 Å². The first-order valence-corrected chi connectivity index (χ1v) is 12.3. The van der Waals surface area contributed by atoms with Gasteiger partial charge in [0.15, 0.2) is 5.13 Å². The maximum Gasteiger partial charge on any atom is 0.258 e. The van der Waals surface area contributed by atoms with Gasteiger partial charge in [0.2, 0.25) is 0 Å². The van der Waals surface area contributed by atoms with E-state index in [9.17, 15) is 4.79 Å². The van der Waals surface area contributed by atoms with Crippen molar-refractivity contribution in [2.75, 3.05) is 12.4 Å². The third-order valence-corrected chi connectivity index (χ3v) is 7.16. The summed E-state index contributed by atoms with van der Waals surface area (Å²) in [7, 11) is 1.63. The molecule has 0 atom stereocenters. The van der Waals surface area contributed by atoms with Gasteiger partial charge in [-0.15, -0.1) is 11.3 Å². The zero-order chi connectivity index (χ0) is 24.5. The fourth-order valence-electron chi connectivity index (χ4n) is 3.91. The highest BCUT2D eigenvalue weighted by molar-refractivity contribution is 7.14. The van der Waals surface area contributed by atoms with Gasteiger partial charge < -0.3 is 4.74 Å². The van der Waals surface area contributed by atoms with Crippen LogP contribution in [0.25, 0.3) is 33.4 Å². The van der Waals surface area contributed by atoms with Gasteiger partial charge in [-0.05, 0) is 55.0 Å². The van der Waals surface area contributed by atoms with Crippen LogP contribution in [0.2, 0.25) is 10.0 Å². The van der Waals surface area contributed by atoms with Crippen LogP contribution in [0.1, 0.15) is 15.9 Å². The summed E-state index contributed by atoms with van der Waals surface area (Å²) in [4.78, 5) is 23.0. The molecule has 2 aromatic heterocycles. The first-order valence-electron chi connectivity index (χ1n) is 10.7. The molecule has 2 heterocycles. The van der Waals surface area contributed by atoms with Crippen LogP contribution >= 0.6 is 34.5 Å². The number of nitrogens with zero attached hydrogens (tertiary/aromatic N) is 2. The zero-order valence-corrected chi connectivity index (χ0v) is 21.1. The zero-order valence-electron chi connectivity index (χ0n) is 18.8. The molecule has 1 N–H and O–H groups in total. The summed E-state index contributed by atoms with van der Waals surface area (Å²) in [6.45, 7) is 1.91. The number of rotatable bonds is 5. The molecular weight excluding hydrogens is 501 g/mol. The molecule has 0 fully saturated rings. The molecule has 0 aliphatic rings. The Hall–Kier alpha value is -3.45. The molecule has 8 heteroatoms. The van der Waals surface area contributed by atoms with Crippen LogP contribution in [0.15, 0.2) is 72.1 Å². The van der Waals surface area contributed by atoms with Gasteiger partial charge in [-0.3, -0.25) is 10.1 Å². The van der Waals surface area contributed by atoms with E-state index in [1.807, 2.05) is 66.9 Å². The van der Waals surface area contributed by atoms with E-state index in [0.717, 1.165) is 39.0 Å². The monoisotopic (exact) mass is 519 g/mol. The molecule has 174 valence electrons. The van der Waals surface area contributed by atoms with E-state index in [1.54, 1.807) is 19.2 Å². The number of benzene rings is 3. The molecule has 1 amide bonds. The predicted molar refractivity (Wildman–Crippen MR) is 144 cm³/mol. The quantitative estimate of drug-likeness (QED) is 0.256. The standard InChI is InChI=1S/C27H19Cl2N3O2S/c1-15-24(26(33)32-27-31-23(14-35-27)17-9-12-20(28)21(29)13-17)19-5-3-4-6-22(19)30-25(15)16-7-10-18(34-2)11-8-16/h3-14H,1-2H3,(H,31,32,33). The van der Waals surface area contributed by atoms with Crippen molar-refractivity contribution in [1.82, 2.24) is 9.97 Å². The molecule has 3 aromatic carbocycles. The summed E-state index contributed by atoms with van der Waals surface area (Å²) in [6.07, 6.45) is 0. The lowest BCUT2D eigenvalue weighted by atomic mass is 9.97. The number of halogens is 2. The molecule has 0 aliphatic carbocycles. The molecule has 0 spiro atoms. The smallest absolute Gasteiger partial charge is 0.258 e. The molecule has 5 rings (SSSR count). The van der Waals surface area contributed by atoms with Gasteiger partial charge in [-0.2, -0.15) is 0 Å². The Morgan fingerprint density at radius 1 is 0.943 bits per heavy atom. The number of methoxy groups -OCH3 is 1. The molecule has 0 saturated carbocycles. The lowest BCUT2D eigenvalue weighted by molar-refractivity contribution is 0.102. The molecule has 0 unspecified atom stereocenters. The number of hydrogen-bond donors (Lipinski definition) is 1. The minimum Gasteiger partial charge on any atom is -0.497 e. The average molecular weight is 520 g/mol. The second-order valence-corrected chi connectivity index (χ2v) is 9.50. The fraction of sp³-hybridized carbons (Fsp3) is 0.0741. The number of carbonyl (C=O) groups is 1. The van der Waals surface area contributed by atoms with Gasteiger partial charge in [0, 0.05) is 21.9 Å². The third-order valence-electron chi connectivity index (χ3n) is 5.67. The predicted octanol–water partition coefficient (Wildman–Crippen LogP) is 7.90. The second-order valence-electron chi connectivity index (χ2n) is 7.83. The van der Waals surface area contributed by atoms with E-state index in [4.69, 9.17) is 32.9 Å². The number of nitrogens with one attached hydrogen (secondary N) is 1. The Balaban J connectivity index is 1.52. The molecule has 0 saturated heterocycles. The number of aromatic nitrogens is 2. The fourth-order valence-corrected chi connectivity index (χ4v) is 4.92. The number of pyridine rings is 1. The lowest BCUT2D eigenvalue weighted by Crippen LogP contribution is -2.15. The van der Waals surface area contributed by atoms with Crippen molar-refractivity contribution in [2.45, 2.75) is 6.92 Å². The van der Waals surface area contributed by atoms with Crippen LogP contribution in [-0.2, 0) is 0 Å². The number of thiazole rings is 1. The van der Waals surface area contributed by atoms with Crippen LogP contribution in [0.5, 0.6) is 5.75 Å². The molecule has 5 aromatic rings. The van der Waals surface area contributed by atoms with Crippen molar-refractivity contribution in [3.05, 3.63) is 93.3 Å². The summed E-state index contributed by atoms with van der Waals surface area (Å²) in [5.41, 5.74) is 5.26. The number of anilines is 1. The number of ether oxygens (including phenoxy) is 1. The van der Waals surface area contributed by atoms with Gasteiger partial charge in [0.1, 0.15) is 5.75 Å². The molecule has 0 aliphatic heterocycles. The minimum absolute atomic E-state index is 0.245. The van der Waals surface area contributed by atoms with Crippen molar-refractivity contribution in [3.63, 3.8) is 0 Å². The van der Waals surface area contributed by atoms with Gasteiger partial charge in [0.25, 0.3) is 5.91 Å². The van der Waals surface area contributed by atoms with Gasteiger partial charge >= 0.3 is 0 Å². The maximum atomic E-state index is 13.5. The summed E-state index contributed by atoms with van der Waals surface area (Å²) < 4.78 is 5.28. The van der Waals surface area contributed by atoms with Gasteiger partial charge in [-0.1, -0.05) is 47.5 Å². The van der Waals surface area contributed by atoms with Crippen LogP contribution in [0, 0.1) is 6.92 Å². The number of para-hydroxylation sites is 1. The van der Waals surface area contributed by atoms with E-state index in [0.29, 0.717) is 26.4 Å². The number of amides is 1. The molecule has 35 heavy (non-hydrogen) atoms. The van der Waals surface area contributed by atoms with Crippen molar-refractivity contribution in [3.8, 4) is 28.3 Å². The number of hydrogen-bond acceptors (Lipinski definition) is 5. The first-order chi connectivity index (χ1) is 16.9. The highest BCUT2D eigenvalue weighted by Gasteiger charge is 2.20. The number of carbonyl (C=O) groups excluding carboxylic acids is 1. The van der Waals surface area contributed by atoms with Gasteiger partial charge in [0.05, 0.1) is 39.6 Å². The summed E-state index contributed by atoms with van der Waals surface area (Å²) >= 11 is 13.5. The highest BCUT2D eigenvalue weighted by Crippen LogP contribution is 2.33. The van der Waals surface area contributed by atoms with Crippen molar-refractivity contribution < 1.29 is 9.53 Å². The second kappa shape index (κ2) is 9.66. The van der Waals surface area contributed by atoms with Crippen LogP contribution in [-0.4, -0.2) is 23.0 Å². The Labute approximate surface area is 216 Å². The van der Waals surface area contributed by atoms with E-state index in [2.05, 4.69) is 10.3 Å². The summed E-state index contributed by atoms with van der Waals surface area (Å²) in [5.74, 6) is 0.512. The van der Waals surface area contributed by atoms with E-state index in [1.165, 1.54) is 11.3 Å². The van der Waals surface area contributed by atoms with Crippen LogP contribution in [0.4, 0.5) is 5.13 Å². The van der Waals surface area contributed by atoms with Gasteiger partial charge in [-0.25, -0.2) is 9.97 Å². The Morgan fingerprint density at radius 2 is 1.69 bits per heavy atom. The summed E-state index contributed by atoms with van der Waals surface area (Å²) in [6, 6.07) is 20.6. The number of fused-ring (bicyclic) bond motifs is 1. The maximum absolute atomic E-state index is 13.5. The van der Waals surface area contributed by atoms with Crippen molar-refractivity contribution in [1.29, 1.82) is 0 Å². The Morgan fingerprint density at radius 3 is 2.43 bits per heavy atom.